The fourth-order valence-corrected chi connectivity index (χ4v) is 2.96. The van der Waals surface area contributed by atoms with Crippen molar-refractivity contribution >= 4 is 29.1 Å². The SMILES string of the molecule is CCN(Cc1nccn1Cc1ccc(Cl)cc1Cl)C(=O)CC(C)C. The van der Waals surface area contributed by atoms with Crippen molar-refractivity contribution in [3.8, 4) is 0 Å². The van der Waals surface area contributed by atoms with Crippen molar-refractivity contribution in [1.29, 1.82) is 0 Å². The molecule has 2 aromatic rings. The lowest BCUT2D eigenvalue weighted by Crippen LogP contribution is -2.32. The van der Waals surface area contributed by atoms with Crippen molar-refractivity contribution in [2.75, 3.05) is 6.54 Å². The molecule has 0 bridgehead atoms. The standard InChI is InChI=1S/C18H23Cl2N3O/c1-4-22(18(24)9-13(2)3)12-17-21-7-8-23(17)11-14-5-6-15(19)10-16(14)20/h5-8,10,13H,4,9,11-12H2,1-3H3. The van der Waals surface area contributed by atoms with E-state index in [0.29, 0.717) is 42.0 Å². The summed E-state index contributed by atoms with van der Waals surface area (Å²) in [7, 11) is 0. The summed E-state index contributed by atoms with van der Waals surface area (Å²) < 4.78 is 2.01. The van der Waals surface area contributed by atoms with Gasteiger partial charge in [0.2, 0.25) is 5.91 Å². The second-order valence-corrected chi connectivity index (χ2v) is 7.06. The molecule has 4 nitrogen and oxygen atoms in total. The van der Waals surface area contributed by atoms with Gasteiger partial charge in [-0.1, -0.05) is 43.1 Å². The molecule has 0 aliphatic rings. The lowest BCUT2D eigenvalue weighted by Gasteiger charge is -2.22. The Balaban J connectivity index is 2.13. The maximum Gasteiger partial charge on any atom is 0.223 e. The zero-order valence-electron chi connectivity index (χ0n) is 14.3. The maximum absolute atomic E-state index is 12.3. The van der Waals surface area contributed by atoms with Crippen LogP contribution in [0, 0.1) is 5.92 Å². The highest BCUT2D eigenvalue weighted by atomic mass is 35.5. The summed E-state index contributed by atoms with van der Waals surface area (Å²) >= 11 is 12.2. The van der Waals surface area contributed by atoms with Crippen LogP contribution in [0.5, 0.6) is 0 Å². The van der Waals surface area contributed by atoms with Gasteiger partial charge < -0.3 is 9.47 Å². The number of carbonyl (C=O) groups is 1. The number of amides is 1. The van der Waals surface area contributed by atoms with Crippen LogP contribution in [0.25, 0.3) is 0 Å². The molecule has 0 N–H and O–H groups in total. The fraction of sp³-hybridized carbons (Fsp3) is 0.444. The number of aromatic nitrogens is 2. The van der Waals surface area contributed by atoms with Crippen molar-refractivity contribution in [2.45, 2.75) is 40.3 Å². The first-order chi connectivity index (χ1) is 11.4. The molecule has 2 rings (SSSR count). The Labute approximate surface area is 153 Å². The Bertz CT molecular complexity index is 697. The number of benzene rings is 1. The second-order valence-electron chi connectivity index (χ2n) is 6.21. The predicted molar refractivity (Wildman–Crippen MR) is 98.3 cm³/mol. The van der Waals surface area contributed by atoms with Crippen LogP contribution in [0.3, 0.4) is 0 Å². The first kappa shape index (κ1) is 18.8. The molecule has 24 heavy (non-hydrogen) atoms. The fourth-order valence-electron chi connectivity index (χ4n) is 2.49. The van der Waals surface area contributed by atoms with Crippen molar-refractivity contribution in [3.05, 3.63) is 52.0 Å². The molecular formula is C18H23Cl2N3O. The van der Waals surface area contributed by atoms with Gasteiger partial charge in [0.05, 0.1) is 13.1 Å². The highest BCUT2D eigenvalue weighted by Gasteiger charge is 2.16. The Morgan fingerprint density at radius 1 is 1.33 bits per heavy atom. The molecule has 0 atom stereocenters. The Kier molecular flexibility index (Phi) is 6.69. The van der Waals surface area contributed by atoms with E-state index < -0.39 is 0 Å². The third-order valence-electron chi connectivity index (χ3n) is 3.81. The summed E-state index contributed by atoms with van der Waals surface area (Å²) in [6.07, 6.45) is 4.21. The maximum atomic E-state index is 12.3. The summed E-state index contributed by atoms with van der Waals surface area (Å²) in [6, 6.07) is 5.47. The number of nitrogens with zero attached hydrogens (tertiary/aromatic N) is 3. The summed E-state index contributed by atoms with van der Waals surface area (Å²) in [5.74, 6) is 1.35. The van der Waals surface area contributed by atoms with Gasteiger partial charge in [-0.25, -0.2) is 4.98 Å². The molecule has 0 radical (unpaired) electrons. The summed E-state index contributed by atoms with van der Waals surface area (Å²) in [4.78, 5) is 18.6. The lowest BCUT2D eigenvalue weighted by atomic mass is 10.1. The largest absolute Gasteiger partial charge is 0.335 e. The normalized spacial score (nSPS) is 11.1. The van der Waals surface area contributed by atoms with Gasteiger partial charge in [0, 0.05) is 35.4 Å². The van der Waals surface area contributed by atoms with Gasteiger partial charge in [-0.3, -0.25) is 4.79 Å². The van der Waals surface area contributed by atoms with E-state index in [1.54, 1.807) is 12.3 Å². The van der Waals surface area contributed by atoms with Gasteiger partial charge in [-0.15, -0.1) is 0 Å². The van der Waals surface area contributed by atoms with Crippen molar-refractivity contribution in [1.82, 2.24) is 14.5 Å². The molecule has 1 amide bonds. The summed E-state index contributed by atoms with van der Waals surface area (Å²) in [5.41, 5.74) is 0.969. The average Bonchev–Trinajstić information content (AvgIpc) is 2.93. The zero-order chi connectivity index (χ0) is 17.7. The van der Waals surface area contributed by atoms with Gasteiger partial charge in [-0.2, -0.15) is 0 Å². The van der Waals surface area contributed by atoms with Crippen LogP contribution in [0.4, 0.5) is 0 Å². The van der Waals surface area contributed by atoms with Gasteiger partial charge in [-0.05, 0) is 30.5 Å². The zero-order valence-corrected chi connectivity index (χ0v) is 15.8. The molecule has 6 heteroatoms. The Morgan fingerprint density at radius 2 is 2.08 bits per heavy atom. The van der Waals surface area contributed by atoms with E-state index in [1.807, 2.05) is 34.7 Å². The van der Waals surface area contributed by atoms with E-state index in [1.165, 1.54) is 0 Å². The van der Waals surface area contributed by atoms with Crippen LogP contribution in [0.2, 0.25) is 10.0 Å². The highest BCUT2D eigenvalue weighted by Crippen LogP contribution is 2.22. The topological polar surface area (TPSA) is 38.1 Å². The van der Waals surface area contributed by atoms with Crippen LogP contribution in [0.15, 0.2) is 30.6 Å². The molecule has 0 aliphatic carbocycles. The molecule has 0 fully saturated rings. The van der Waals surface area contributed by atoms with Gasteiger partial charge >= 0.3 is 0 Å². The molecule has 0 aliphatic heterocycles. The quantitative estimate of drug-likeness (QED) is 0.715. The molecule has 1 aromatic heterocycles. The third-order valence-corrected chi connectivity index (χ3v) is 4.39. The van der Waals surface area contributed by atoms with Crippen molar-refractivity contribution in [3.63, 3.8) is 0 Å². The Hall–Kier alpha value is -1.52. The molecule has 0 saturated heterocycles. The van der Waals surface area contributed by atoms with E-state index >= 15 is 0 Å². The van der Waals surface area contributed by atoms with Gasteiger partial charge in [0.1, 0.15) is 5.82 Å². The highest BCUT2D eigenvalue weighted by molar-refractivity contribution is 6.35. The van der Waals surface area contributed by atoms with Crippen molar-refractivity contribution < 1.29 is 4.79 Å². The van der Waals surface area contributed by atoms with Gasteiger partial charge in [0.15, 0.2) is 0 Å². The second kappa shape index (κ2) is 8.54. The average molecular weight is 368 g/mol. The van der Waals surface area contributed by atoms with E-state index in [-0.39, 0.29) is 5.91 Å². The number of rotatable bonds is 7. The number of imidazole rings is 1. The molecule has 1 aromatic carbocycles. The van der Waals surface area contributed by atoms with Crippen molar-refractivity contribution in [2.24, 2.45) is 5.92 Å². The molecule has 130 valence electrons. The lowest BCUT2D eigenvalue weighted by molar-refractivity contribution is -0.132. The summed E-state index contributed by atoms with van der Waals surface area (Å²) in [5, 5.41) is 1.25. The number of hydrogen-bond acceptors (Lipinski definition) is 2. The first-order valence-corrected chi connectivity index (χ1v) is 8.88. The summed E-state index contributed by atoms with van der Waals surface area (Å²) in [6.45, 7) is 7.85. The molecule has 0 spiro atoms. The van der Waals surface area contributed by atoms with Gasteiger partial charge in [0.25, 0.3) is 0 Å². The molecule has 1 heterocycles. The van der Waals surface area contributed by atoms with E-state index in [9.17, 15) is 4.79 Å². The van der Waals surface area contributed by atoms with E-state index in [0.717, 1.165) is 11.4 Å². The molecule has 0 unspecified atom stereocenters. The molecule has 0 saturated carbocycles. The monoisotopic (exact) mass is 367 g/mol. The minimum atomic E-state index is 0.159. The van der Waals surface area contributed by atoms with Crippen LogP contribution >= 0.6 is 23.2 Å². The minimum Gasteiger partial charge on any atom is -0.335 e. The third kappa shape index (κ3) is 4.99. The van der Waals surface area contributed by atoms with E-state index in [4.69, 9.17) is 23.2 Å². The Morgan fingerprint density at radius 3 is 2.71 bits per heavy atom. The van der Waals surface area contributed by atoms with Crippen LogP contribution in [0.1, 0.15) is 38.6 Å². The number of hydrogen-bond donors (Lipinski definition) is 0. The molecular weight excluding hydrogens is 345 g/mol. The van der Waals surface area contributed by atoms with Crippen LogP contribution < -0.4 is 0 Å². The smallest absolute Gasteiger partial charge is 0.223 e. The predicted octanol–water partition coefficient (Wildman–Crippen LogP) is 4.63. The van der Waals surface area contributed by atoms with Crippen LogP contribution in [-0.2, 0) is 17.9 Å². The number of carbonyl (C=O) groups excluding carboxylic acids is 1. The van der Waals surface area contributed by atoms with E-state index in [2.05, 4.69) is 18.8 Å². The number of halogens is 2. The van der Waals surface area contributed by atoms with Crippen LogP contribution in [-0.4, -0.2) is 26.9 Å². The minimum absolute atomic E-state index is 0.159. The first-order valence-electron chi connectivity index (χ1n) is 8.12.